The molecule has 40 heavy (non-hydrogen) atoms. The largest absolute Gasteiger partial charge is 0.392 e. The Hall–Kier alpha value is -3.70. The zero-order valence-electron chi connectivity index (χ0n) is 22.4. The quantitative estimate of drug-likeness (QED) is 0.241. The Morgan fingerprint density at radius 1 is 0.975 bits per heavy atom. The number of thioether (sulfide) groups is 1. The first-order valence-corrected chi connectivity index (χ1v) is 14.1. The molecule has 4 atom stereocenters. The van der Waals surface area contributed by atoms with Crippen LogP contribution >= 0.6 is 11.8 Å². The van der Waals surface area contributed by atoms with E-state index in [1.807, 2.05) is 90.5 Å². The van der Waals surface area contributed by atoms with Gasteiger partial charge in [0.2, 0.25) is 0 Å². The predicted molar refractivity (Wildman–Crippen MR) is 153 cm³/mol. The summed E-state index contributed by atoms with van der Waals surface area (Å²) in [4.78, 5) is 12.4. The number of benzene rings is 3. The van der Waals surface area contributed by atoms with Crippen molar-refractivity contribution in [2.75, 3.05) is 11.1 Å². The second-order valence-corrected chi connectivity index (χ2v) is 10.8. The van der Waals surface area contributed by atoms with E-state index in [-0.39, 0.29) is 30.8 Å². The maximum Gasteiger partial charge on any atom is 0.319 e. The Bertz CT molecular complexity index is 1380. The number of aryl methyl sites for hydroxylation is 1. The Morgan fingerprint density at radius 3 is 2.38 bits per heavy atom. The summed E-state index contributed by atoms with van der Waals surface area (Å²) in [7, 11) is 1.92. The molecule has 1 fully saturated rings. The van der Waals surface area contributed by atoms with Gasteiger partial charge in [-0.25, -0.2) is 4.79 Å². The zero-order chi connectivity index (χ0) is 27.9. The highest BCUT2D eigenvalue weighted by Gasteiger charge is 2.38. The lowest BCUT2D eigenvalue weighted by Crippen LogP contribution is -2.38. The van der Waals surface area contributed by atoms with E-state index in [0.29, 0.717) is 18.0 Å². The number of aliphatic hydroxyl groups excluding tert-OH is 1. The van der Waals surface area contributed by atoms with E-state index >= 15 is 0 Å². The second-order valence-electron chi connectivity index (χ2n) is 9.77. The summed E-state index contributed by atoms with van der Waals surface area (Å²) >= 11 is 1.60. The van der Waals surface area contributed by atoms with E-state index in [0.717, 1.165) is 27.4 Å². The van der Waals surface area contributed by atoms with Crippen LogP contribution in [0, 0.1) is 5.92 Å². The van der Waals surface area contributed by atoms with E-state index in [4.69, 9.17) is 9.47 Å². The Labute approximate surface area is 237 Å². The van der Waals surface area contributed by atoms with Crippen LogP contribution in [0.3, 0.4) is 0 Å². The van der Waals surface area contributed by atoms with Crippen LogP contribution in [0.4, 0.5) is 10.5 Å². The molecular weight excluding hydrogens is 526 g/mol. The number of carbonyl (C=O) groups is 1. The zero-order valence-corrected chi connectivity index (χ0v) is 23.3. The highest BCUT2D eigenvalue weighted by molar-refractivity contribution is 7.99. The van der Waals surface area contributed by atoms with Crippen LogP contribution in [-0.4, -0.2) is 37.8 Å². The van der Waals surface area contributed by atoms with Crippen molar-refractivity contribution >= 4 is 23.5 Å². The van der Waals surface area contributed by atoms with Gasteiger partial charge in [0.1, 0.15) is 6.33 Å². The summed E-state index contributed by atoms with van der Waals surface area (Å²) in [6, 6.07) is 24.8. The number of anilines is 1. The summed E-state index contributed by atoms with van der Waals surface area (Å²) in [6.45, 7) is 2.57. The SMILES string of the molecule is C[C@@H]1[C@H](CSc2nncn2C)O[C@H](c2ccc(NC(=O)NCc3ccccc3)cc2)O[C@@H]1c1ccc(CO)cc1. The fraction of sp³-hybridized carbons (Fsp3) is 0.300. The third-order valence-corrected chi connectivity index (χ3v) is 8.03. The number of aromatic nitrogens is 3. The Morgan fingerprint density at radius 2 is 1.70 bits per heavy atom. The standard InChI is InChI=1S/C30H33N5O4S/c1-20-26(18-40-30-34-32-19-35(30)2)38-28(39-27(20)23-10-8-22(17-36)9-11-23)24-12-14-25(15-13-24)33-29(37)31-16-21-6-4-3-5-7-21/h3-15,19-20,26-28,36H,16-18H2,1-2H3,(H2,31,33,37)/t20-,26+,27+,28+/m1/s1. The fourth-order valence-electron chi connectivity index (χ4n) is 4.55. The van der Waals surface area contributed by atoms with Gasteiger partial charge in [0.15, 0.2) is 11.4 Å². The van der Waals surface area contributed by atoms with Crippen LogP contribution < -0.4 is 10.6 Å². The highest BCUT2D eigenvalue weighted by atomic mass is 32.2. The lowest BCUT2D eigenvalue weighted by molar-refractivity contribution is -0.268. The average Bonchev–Trinajstić information content (AvgIpc) is 3.41. The van der Waals surface area contributed by atoms with Gasteiger partial charge in [-0.1, -0.05) is 85.4 Å². The van der Waals surface area contributed by atoms with Gasteiger partial charge in [0.05, 0.1) is 18.8 Å². The van der Waals surface area contributed by atoms with Gasteiger partial charge in [-0.2, -0.15) is 0 Å². The molecule has 2 amide bonds. The highest BCUT2D eigenvalue weighted by Crippen LogP contribution is 2.43. The molecule has 5 rings (SSSR count). The molecule has 9 nitrogen and oxygen atoms in total. The molecule has 4 aromatic rings. The van der Waals surface area contributed by atoms with E-state index in [2.05, 4.69) is 27.8 Å². The van der Waals surface area contributed by atoms with Crippen molar-refractivity contribution in [1.29, 1.82) is 0 Å². The van der Waals surface area contributed by atoms with Gasteiger partial charge in [-0.05, 0) is 28.8 Å². The lowest BCUT2D eigenvalue weighted by Gasteiger charge is -2.41. The van der Waals surface area contributed by atoms with Crippen molar-refractivity contribution in [1.82, 2.24) is 20.1 Å². The molecule has 3 aromatic carbocycles. The number of hydrogen-bond acceptors (Lipinski definition) is 7. The first kappa shape index (κ1) is 27.9. The van der Waals surface area contributed by atoms with Crippen LogP contribution in [0.15, 0.2) is 90.3 Å². The van der Waals surface area contributed by atoms with Crippen LogP contribution in [0.2, 0.25) is 0 Å². The van der Waals surface area contributed by atoms with Crippen molar-refractivity contribution in [3.63, 3.8) is 0 Å². The minimum atomic E-state index is -0.593. The van der Waals surface area contributed by atoms with E-state index < -0.39 is 6.29 Å². The van der Waals surface area contributed by atoms with Crippen molar-refractivity contribution in [3.05, 3.63) is 107 Å². The number of amides is 2. The number of nitrogens with one attached hydrogen (secondary N) is 2. The van der Waals surface area contributed by atoms with Crippen molar-refractivity contribution < 1.29 is 19.4 Å². The molecule has 3 N–H and O–H groups in total. The molecular formula is C30H33N5O4S. The molecule has 10 heteroatoms. The molecule has 2 heterocycles. The van der Waals surface area contributed by atoms with Gasteiger partial charge in [-0.3, -0.25) is 0 Å². The Kier molecular flexibility index (Phi) is 9.12. The van der Waals surface area contributed by atoms with E-state index in [1.165, 1.54) is 0 Å². The fourth-order valence-corrected chi connectivity index (χ4v) is 5.60. The molecule has 1 aromatic heterocycles. The van der Waals surface area contributed by atoms with Gasteiger partial charge < -0.3 is 29.8 Å². The molecule has 0 unspecified atom stereocenters. The Balaban J connectivity index is 1.28. The molecule has 1 saturated heterocycles. The predicted octanol–water partition coefficient (Wildman–Crippen LogP) is 5.21. The minimum absolute atomic E-state index is 0.00524. The number of carbonyl (C=O) groups excluding carboxylic acids is 1. The summed E-state index contributed by atoms with van der Waals surface area (Å²) in [5.41, 5.74) is 4.43. The number of urea groups is 1. The molecule has 0 aliphatic carbocycles. The van der Waals surface area contributed by atoms with E-state index in [1.54, 1.807) is 18.1 Å². The molecule has 208 valence electrons. The van der Waals surface area contributed by atoms with Crippen molar-refractivity contribution in [3.8, 4) is 0 Å². The molecule has 0 spiro atoms. The van der Waals surface area contributed by atoms with Gasteiger partial charge >= 0.3 is 6.03 Å². The number of rotatable bonds is 9. The van der Waals surface area contributed by atoms with E-state index in [9.17, 15) is 9.90 Å². The monoisotopic (exact) mass is 559 g/mol. The number of ether oxygens (including phenoxy) is 2. The first-order valence-electron chi connectivity index (χ1n) is 13.2. The smallest absolute Gasteiger partial charge is 0.319 e. The normalized spacial score (nSPS) is 20.7. The minimum Gasteiger partial charge on any atom is -0.392 e. The number of aliphatic hydroxyl groups is 1. The number of nitrogens with zero attached hydrogens (tertiary/aromatic N) is 3. The van der Waals surface area contributed by atoms with Crippen LogP contribution in [-0.2, 0) is 29.7 Å². The van der Waals surface area contributed by atoms with Crippen LogP contribution in [0.1, 0.15) is 41.6 Å². The average molecular weight is 560 g/mol. The van der Waals surface area contributed by atoms with Gasteiger partial charge in [0.25, 0.3) is 0 Å². The summed E-state index contributed by atoms with van der Waals surface area (Å²) in [5.74, 6) is 0.742. The third-order valence-electron chi connectivity index (χ3n) is 6.91. The maximum absolute atomic E-state index is 12.4. The van der Waals surface area contributed by atoms with Crippen LogP contribution in [0.25, 0.3) is 0 Å². The van der Waals surface area contributed by atoms with Gasteiger partial charge in [-0.15, -0.1) is 10.2 Å². The van der Waals surface area contributed by atoms with Crippen molar-refractivity contribution in [2.24, 2.45) is 13.0 Å². The molecule has 0 saturated carbocycles. The maximum atomic E-state index is 12.4. The summed E-state index contributed by atoms with van der Waals surface area (Å²) < 4.78 is 14.9. The number of hydrogen-bond donors (Lipinski definition) is 3. The van der Waals surface area contributed by atoms with Crippen molar-refractivity contribution in [2.45, 2.75) is 43.7 Å². The summed E-state index contributed by atoms with van der Waals surface area (Å²) in [5, 5.41) is 24.2. The third kappa shape index (κ3) is 6.89. The second kappa shape index (κ2) is 13.1. The molecule has 0 bridgehead atoms. The summed E-state index contributed by atoms with van der Waals surface area (Å²) in [6.07, 6.45) is 0.759. The first-order chi connectivity index (χ1) is 19.5. The molecule has 0 radical (unpaired) electrons. The van der Waals surface area contributed by atoms with Crippen LogP contribution in [0.5, 0.6) is 0 Å². The molecule has 1 aliphatic heterocycles. The van der Waals surface area contributed by atoms with Gasteiger partial charge in [0, 0.05) is 36.5 Å². The molecule has 1 aliphatic rings. The lowest BCUT2D eigenvalue weighted by atomic mass is 9.91. The topological polar surface area (TPSA) is 111 Å².